The number of hydrogen-bond acceptors (Lipinski definition) is 4. The van der Waals surface area contributed by atoms with Crippen LogP contribution in [0.2, 0.25) is 0 Å². The summed E-state index contributed by atoms with van der Waals surface area (Å²) in [6, 6.07) is 0. The van der Waals surface area contributed by atoms with Crippen molar-refractivity contribution >= 4 is 0 Å². The fourth-order valence-corrected chi connectivity index (χ4v) is 1.93. The van der Waals surface area contributed by atoms with E-state index in [2.05, 4.69) is 0 Å². The highest BCUT2D eigenvalue weighted by atomic mass is 16.8. The Hall–Kier alpha value is -0.160. The third-order valence-corrected chi connectivity index (χ3v) is 2.73. The Morgan fingerprint density at radius 1 is 1.54 bits per heavy atom. The first-order chi connectivity index (χ1) is 6.24. The maximum Gasteiger partial charge on any atom is 0.192 e. The van der Waals surface area contributed by atoms with Gasteiger partial charge in [-0.2, -0.15) is 0 Å². The molecule has 3 unspecified atom stereocenters. The summed E-state index contributed by atoms with van der Waals surface area (Å²) in [4.78, 5) is 0. The van der Waals surface area contributed by atoms with Crippen LogP contribution in [0.5, 0.6) is 0 Å². The van der Waals surface area contributed by atoms with E-state index >= 15 is 0 Å². The molecule has 2 N–H and O–H groups in total. The molecule has 2 heterocycles. The lowest BCUT2D eigenvalue weighted by Gasteiger charge is -2.28. The van der Waals surface area contributed by atoms with Crippen LogP contribution in [-0.2, 0) is 14.2 Å². The quantitative estimate of drug-likeness (QED) is 0.673. The van der Waals surface area contributed by atoms with Crippen LogP contribution in [0.15, 0.2) is 0 Å². The molecule has 0 radical (unpaired) electrons. The number of rotatable bonds is 2. The molecule has 0 aromatic rings. The topological polar surface area (TPSA) is 53.7 Å². The summed E-state index contributed by atoms with van der Waals surface area (Å²) in [5.41, 5.74) is 5.51. The Balaban J connectivity index is 1.96. The standard InChI is InChI=1S/C9H17NO3/c1-9(8-3-2-4-11-8)12-6-7(5-10)13-9/h7-8H,2-6,10H2,1H3. The summed E-state index contributed by atoms with van der Waals surface area (Å²) in [7, 11) is 0. The van der Waals surface area contributed by atoms with Gasteiger partial charge in [0.25, 0.3) is 0 Å². The van der Waals surface area contributed by atoms with Crippen molar-refractivity contribution in [3.63, 3.8) is 0 Å². The first-order valence-electron chi connectivity index (χ1n) is 4.88. The molecule has 0 amide bonds. The monoisotopic (exact) mass is 187 g/mol. The molecule has 0 saturated carbocycles. The van der Waals surface area contributed by atoms with Gasteiger partial charge in [-0.25, -0.2) is 0 Å². The maximum atomic E-state index is 5.71. The first-order valence-corrected chi connectivity index (χ1v) is 4.88. The van der Waals surface area contributed by atoms with Gasteiger partial charge in [0.15, 0.2) is 5.79 Å². The van der Waals surface area contributed by atoms with Crippen molar-refractivity contribution in [1.82, 2.24) is 0 Å². The minimum absolute atomic E-state index is 0.0363. The Kier molecular flexibility index (Phi) is 2.55. The van der Waals surface area contributed by atoms with E-state index in [9.17, 15) is 0 Å². The fourth-order valence-electron chi connectivity index (χ4n) is 1.93. The molecule has 13 heavy (non-hydrogen) atoms. The van der Waals surface area contributed by atoms with Gasteiger partial charge in [-0.1, -0.05) is 0 Å². The molecule has 2 rings (SSSR count). The highest BCUT2D eigenvalue weighted by Gasteiger charge is 2.45. The lowest BCUT2D eigenvalue weighted by molar-refractivity contribution is -0.216. The average molecular weight is 187 g/mol. The largest absolute Gasteiger partial charge is 0.373 e. The van der Waals surface area contributed by atoms with E-state index in [1.807, 2.05) is 6.92 Å². The predicted molar refractivity (Wildman–Crippen MR) is 47.3 cm³/mol. The van der Waals surface area contributed by atoms with E-state index in [1.54, 1.807) is 0 Å². The summed E-state index contributed by atoms with van der Waals surface area (Å²) < 4.78 is 16.9. The SMILES string of the molecule is CC1(C2CCCO2)OCC(CN)O1. The number of nitrogens with two attached hydrogens (primary N) is 1. The van der Waals surface area contributed by atoms with Gasteiger partial charge in [0, 0.05) is 13.2 Å². The molecule has 0 aromatic heterocycles. The molecular weight excluding hydrogens is 170 g/mol. The molecule has 4 heteroatoms. The molecule has 2 saturated heterocycles. The summed E-state index contributed by atoms with van der Waals surface area (Å²) in [6.45, 7) is 3.87. The van der Waals surface area contributed by atoms with Gasteiger partial charge in [0.2, 0.25) is 0 Å². The van der Waals surface area contributed by atoms with Crippen molar-refractivity contribution in [2.75, 3.05) is 19.8 Å². The molecule has 4 nitrogen and oxygen atoms in total. The molecule has 0 bridgehead atoms. The minimum Gasteiger partial charge on any atom is -0.373 e. The van der Waals surface area contributed by atoms with Gasteiger partial charge in [-0.15, -0.1) is 0 Å². The molecule has 2 fully saturated rings. The van der Waals surface area contributed by atoms with Gasteiger partial charge in [-0.3, -0.25) is 0 Å². The van der Waals surface area contributed by atoms with Crippen molar-refractivity contribution in [3.8, 4) is 0 Å². The van der Waals surface area contributed by atoms with E-state index in [-0.39, 0.29) is 12.2 Å². The normalized spacial score (nSPS) is 45.7. The van der Waals surface area contributed by atoms with E-state index in [4.69, 9.17) is 19.9 Å². The average Bonchev–Trinajstić information content (AvgIpc) is 2.72. The molecular formula is C9H17NO3. The smallest absolute Gasteiger partial charge is 0.192 e. The minimum atomic E-state index is -0.555. The zero-order valence-corrected chi connectivity index (χ0v) is 7.99. The van der Waals surface area contributed by atoms with Crippen molar-refractivity contribution < 1.29 is 14.2 Å². The van der Waals surface area contributed by atoms with Crippen LogP contribution >= 0.6 is 0 Å². The Bertz CT molecular complexity index is 182. The highest BCUT2D eigenvalue weighted by Crippen LogP contribution is 2.33. The molecule has 2 aliphatic heterocycles. The second-order valence-corrected chi connectivity index (χ2v) is 3.80. The Morgan fingerprint density at radius 3 is 2.92 bits per heavy atom. The van der Waals surface area contributed by atoms with E-state index < -0.39 is 5.79 Å². The first kappa shape index (κ1) is 9.40. The van der Waals surface area contributed by atoms with Crippen molar-refractivity contribution in [2.45, 2.75) is 37.8 Å². The van der Waals surface area contributed by atoms with Gasteiger partial charge in [0.05, 0.1) is 12.7 Å². The number of hydrogen-bond donors (Lipinski definition) is 1. The van der Waals surface area contributed by atoms with Crippen molar-refractivity contribution in [1.29, 1.82) is 0 Å². The summed E-state index contributed by atoms with van der Waals surface area (Å²) in [6.07, 6.45) is 2.24. The molecule has 3 atom stereocenters. The third-order valence-electron chi connectivity index (χ3n) is 2.73. The van der Waals surface area contributed by atoms with Gasteiger partial charge in [-0.05, 0) is 19.8 Å². The van der Waals surface area contributed by atoms with Gasteiger partial charge >= 0.3 is 0 Å². The zero-order valence-electron chi connectivity index (χ0n) is 7.99. The number of ether oxygens (including phenoxy) is 3. The second-order valence-electron chi connectivity index (χ2n) is 3.80. The van der Waals surface area contributed by atoms with Crippen LogP contribution in [0, 0.1) is 0 Å². The molecule has 2 aliphatic rings. The van der Waals surface area contributed by atoms with Crippen molar-refractivity contribution in [3.05, 3.63) is 0 Å². The third kappa shape index (κ3) is 1.72. The lowest BCUT2D eigenvalue weighted by Crippen LogP contribution is -2.41. The van der Waals surface area contributed by atoms with E-state index in [1.165, 1.54) is 0 Å². The second kappa shape index (κ2) is 3.53. The molecule has 0 aliphatic carbocycles. The highest BCUT2D eigenvalue weighted by molar-refractivity contribution is 4.85. The van der Waals surface area contributed by atoms with Gasteiger partial charge < -0.3 is 19.9 Å². The fraction of sp³-hybridized carbons (Fsp3) is 1.00. The van der Waals surface area contributed by atoms with Crippen LogP contribution in [0.3, 0.4) is 0 Å². The van der Waals surface area contributed by atoms with E-state index in [0.717, 1.165) is 19.4 Å². The van der Waals surface area contributed by atoms with E-state index in [0.29, 0.717) is 13.2 Å². The Morgan fingerprint density at radius 2 is 2.38 bits per heavy atom. The Labute approximate surface area is 78.3 Å². The van der Waals surface area contributed by atoms with Crippen LogP contribution in [0.1, 0.15) is 19.8 Å². The predicted octanol–water partition coefficient (Wildman–Crippen LogP) is 0.256. The van der Waals surface area contributed by atoms with Crippen LogP contribution in [0.4, 0.5) is 0 Å². The van der Waals surface area contributed by atoms with Gasteiger partial charge in [0.1, 0.15) is 6.10 Å². The van der Waals surface area contributed by atoms with Crippen LogP contribution < -0.4 is 5.73 Å². The van der Waals surface area contributed by atoms with Crippen molar-refractivity contribution in [2.24, 2.45) is 5.73 Å². The molecule has 0 aromatic carbocycles. The maximum absolute atomic E-state index is 5.71. The summed E-state index contributed by atoms with van der Waals surface area (Å²) >= 11 is 0. The lowest BCUT2D eigenvalue weighted by atomic mass is 10.1. The molecule has 76 valence electrons. The zero-order chi connectivity index (χ0) is 9.31. The molecule has 0 spiro atoms. The summed E-state index contributed by atoms with van der Waals surface area (Å²) in [5, 5.41) is 0. The van der Waals surface area contributed by atoms with Crippen LogP contribution in [-0.4, -0.2) is 37.8 Å². The summed E-state index contributed by atoms with van der Waals surface area (Å²) in [5.74, 6) is -0.555. The van der Waals surface area contributed by atoms with Crippen LogP contribution in [0.25, 0.3) is 0 Å².